The van der Waals surface area contributed by atoms with Crippen LogP contribution in [0.25, 0.3) is 11.1 Å². The molecule has 0 saturated carbocycles. The number of para-hydroxylation sites is 1. The van der Waals surface area contributed by atoms with Gasteiger partial charge >= 0.3 is 5.97 Å². The van der Waals surface area contributed by atoms with Crippen LogP contribution in [0.3, 0.4) is 0 Å². The highest BCUT2D eigenvalue weighted by Crippen LogP contribution is 2.51. The van der Waals surface area contributed by atoms with Gasteiger partial charge in [0, 0.05) is 28.3 Å². The smallest absolute Gasteiger partial charge is 0.346 e. The van der Waals surface area contributed by atoms with Gasteiger partial charge in [-0.15, -0.1) is 11.3 Å². The van der Waals surface area contributed by atoms with Gasteiger partial charge < -0.3 is 19.9 Å². The minimum absolute atomic E-state index is 0.161. The van der Waals surface area contributed by atoms with Crippen molar-refractivity contribution < 1.29 is 24.2 Å². The molecule has 1 aromatic heterocycles. The Morgan fingerprint density at radius 3 is 2.61 bits per heavy atom. The fraction of sp³-hybridized carbons (Fsp3) is 0.250. The minimum atomic E-state index is -1.02. The highest BCUT2D eigenvalue weighted by molar-refractivity contribution is 7.15. The van der Waals surface area contributed by atoms with Gasteiger partial charge in [-0.1, -0.05) is 42.0 Å². The summed E-state index contributed by atoms with van der Waals surface area (Å²) in [5.74, 6) is -0.340. The van der Waals surface area contributed by atoms with E-state index >= 15 is 0 Å². The quantitative estimate of drug-likeness (QED) is 0.546. The zero-order valence-electron chi connectivity index (χ0n) is 17.5. The fourth-order valence-electron chi connectivity index (χ4n) is 3.95. The van der Waals surface area contributed by atoms with Gasteiger partial charge in [0.15, 0.2) is 11.5 Å². The number of methoxy groups -OCH3 is 1. The highest BCUT2D eigenvalue weighted by Gasteiger charge is 2.36. The van der Waals surface area contributed by atoms with Crippen molar-refractivity contribution in [2.75, 3.05) is 19.0 Å². The van der Waals surface area contributed by atoms with Crippen LogP contribution in [0, 0.1) is 6.92 Å². The van der Waals surface area contributed by atoms with E-state index in [4.69, 9.17) is 9.47 Å². The maximum absolute atomic E-state index is 12.7. The number of hydrogen-bond donors (Lipinski definition) is 2. The molecule has 2 aromatic carbocycles. The molecule has 1 atom stereocenters. The van der Waals surface area contributed by atoms with Gasteiger partial charge in [-0.2, -0.15) is 0 Å². The molecule has 0 aliphatic carbocycles. The van der Waals surface area contributed by atoms with Crippen LogP contribution in [-0.2, 0) is 4.79 Å². The van der Waals surface area contributed by atoms with Crippen molar-refractivity contribution in [3.8, 4) is 22.6 Å². The first-order valence-electron chi connectivity index (χ1n) is 10.0. The van der Waals surface area contributed by atoms with Crippen molar-refractivity contribution in [3.63, 3.8) is 0 Å². The number of aryl methyl sites for hydroxylation is 1. The molecule has 7 heteroatoms. The molecule has 0 bridgehead atoms. The summed E-state index contributed by atoms with van der Waals surface area (Å²) < 4.78 is 11.4. The van der Waals surface area contributed by atoms with E-state index in [0.29, 0.717) is 29.4 Å². The molecule has 0 saturated heterocycles. The van der Waals surface area contributed by atoms with E-state index in [9.17, 15) is 14.7 Å². The summed E-state index contributed by atoms with van der Waals surface area (Å²) in [6.07, 6.45) is 0.202. The Morgan fingerprint density at radius 1 is 1.23 bits per heavy atom. The molecule has 2 heterocycles. The molecule has 0 unspecified atom stereocenters. The van der Waals surface area contributed by atoms with E-state index in [1.54, 1.807) is 7.11 Å². The topological polar surface area (TPSA) is 84.9 Å². The number of amides is 1. The Hall–Kier alpha value is -3.32. The Balaban J connectivity index is 1.94. The van der Waals surface area contributed by atoms with Crippen molar-refractivity contribution in [2.24, 2.45) is 0 Å². The SMILES string of the molecule is CCOc1c(OC)cccc1[C@@H]1CC(=O)Nc2c1sc(C(=O)O)c2-c1ccc(C)cc1. The molecule has 0 fully saturated rings. The molecular formula is C24H23NO5S. The lowest BCUT2D eigenvalue weighted by molar-refractivity contribution is -0.116. The van der Waals surface area contributed by atoms with E-state index < -0.39 is 5.97 Å². The van der Waals surface area contributed by atoms with Crippen molar-refractivity contribution in [1.82, 2.24) is 0 Å². The molecular weight excluding hydrogens is 414 g/mol. The molecule has 3 aromatic rings. The Kier molecular flexibility index (Phi) is 5.69. The number of carboxylic acids is 1. The van der Waals surface area contributed by atoms with Gasteiger partial charge in [0.1, 0.15) is 4.88 Å². The number of benzene rings is 2. The molecule has 1 aliphatic rings. The van der Waals surface area contributed by atoms with Crippen LogP contribution in [0.2, 0.25) is 0 Å². The van der Waals surface area contributed by atoms with E-state index in [1.165, 1.54) is 11.3 Å². The number of fused-ring (bicyclic) bond motifs is 1. The molecule has 6 nitrogen and oxygen atoms in total. The van der Waals surface area contributed by atoms with Crippen LogP contribution >= 0.6 is 11.3 Å². The molecule has 1 aliphatic heterocycles. The first-order chi connectivity index (χ1) is 14.9. The summed E-state index contributed by atoms with van der Waals surface area (Å²) in [5, 5.41) is 12.9. The Morgan fingerprint density at radius 2 is 1.97 bits per heavy atom. The van der Waals surface area contributed by atoms with E-state index in [-0.39, 0.29) is 23.1 Å². The van der Waals surface area contributed by atoms with Crippen molar-refractivity contribution in [1.29, 1.82) is 0 Å². The highest BCUT2D eigenvalue weighted by atomic mass is 32.1. The number of aromatic carboxylic acids is 1. The maximum atomic E-state index is 12.7. The van der Waals surface area contributed by atoms with Gasteiger partial charge in [-0.05, 0) is 25.5 Å². The van der Waals surface area contributed by atoms with Crippen LogP contribution in [0.4, 0.5) is 5.69 Å². The Bertz CT molecular complexity index is 1150. The molecule has 0 radical (unpaired) electrons. The first-order valence-corrected chi connectivity index (χ1v) is 10.8. The van der Waals surface area contributed by atoms with Crippen LogP contribution in [0.5, 0.6) is 11.5 Å². The van der Waals surface area contributed by atoms with Crippen LogP contribution in [-0.4, -0.2) is 30.7 Å². The monoisotopic (exact) mass is 437 g/mol. The zero-order chi connectivity index (χ0) is 22.1. The van der Waals surface area contributed by atoms with Crippen LogP contribution < -0.4 is 14.8 Å². The number of carbonyl (C=O) groups excluding carboxylic acids is 1. The van der Waals surface area contributed by atoms with E-state index in [2.05, 4.69) is 5.32 Å². The van der Waals surface area contributed by atoms with Crippen molar-refractivity contribution in [3.05, 3.63) is 63.3 Å². The average Bonchev–Trinajstić information content (AvgIpc) is 3.14. The maximum Gasteiger partial charge on any atom is 0.346 e. The van der Waals surface area contributed by atoms with Crippen molar-refractivity contribution >= 4 is 28.9 Å². The number of ether oxygens (including phenoxy) is 2. The summed E-state index contributed by atoms with van der Waals surface area (Å²) in [4.78, 5) is 25.9. The lowest BCUT2D eigenvalue weighted by Gasteiger charge is -2.26. The lowest BCUT2D eigenvalue weighted by Crippen LogP contribution is -2.23. The number of thiophene rings is 1. The number of anilines is 1. The predicted molar refractivity (Wildman–Crippen MR) is 121 cm³/mol. The normalized spacial score (nSPS) is 15.2. The van der Waals surface area contributed by atoms with Crippen molar-refractivity contribution in [2.45, 2.75) is 26.2 Å². The first kappa shape index (κ1) is 20.9. The van der Waals surface area contributed by atoms with Crippen LogP contribution in [0.1, 0.15) is 44.9 Å². The van der Waals surface area contributed by atoms with Gasteiger partial charge in [0.05, 0.1) is 19.4 Å². The summed E-state index contributed by atoms with van der Waals surface area (Å²) in [6.45, 7) is 4.30. The molecule has 160 valence electrons. The van der Waals surface area contributed by atoms with E-state index in [1.807, 2.05) is 56.3 Å². The molecule has 0 spiro atoms. The van der Waals surface area contributed by atoms with E-state index in [0.717, 1.165) is 21.6 Å². The Labute approximate surface area is 184 Å². The minimum Gasteiger partial charge on any atom is -0.493 e. The summed E-state index contributed by atoms with van der Waals surface area (Å²) in [5.41, 5.74) is 3.76. The lowest BCUT2D eigenvalue weighted by atomic mass is 9.88. The molecule has 4 rings (SSSR count). The predicted octanol–water partition coefficient (Wildman–Crippen LogP) is 5.30. The molecule has 31 heavy (non-hydrogen) atoms. The van der Waals surface area contributed by atoms with Crippen LogP contribution in [0.15, 0.2) is 42.5 Å². The number of nitrogens with one attached hydrogen (secondary N) is 1. The third-order valence-corrected chi connectivity index (χ3v) is 6.63. The van der Waals surface area contributed by atoms with Gasteiger partial charge in [-0.3, -0.25) is 4.79 Å². The second-order valence-electron chi connectivity index (χ2n) is 7.33. The second kappa shape index (κ2) is 8.43. The molecule has 2 N–H and O–H groups in total. The zero-order valence-corrected chi connectivity index (χ0v) is 18.3. The summed E-state index contributed by atoms with van der Waals surface area (Å²) >= 11 is 1.20. The average molecular weight is 438 g/mol. The number of rotatable bonds is 6. The number of carboxylic acid groups (broad SMARTS) is 1. The second-order valence-corrected chi connectivity index (χ2v) is 8.39. The van der Waals surface area contributed by atoms with Gasteiger partial charge in [0.2, 0.25) is 5.91 Å². The number of hydrogen-bond acceptors (Lipinski definition) is 5. The standard InChI is InChI=1S/C24H23NO5S/c1-4-30-21-15(6-5-7-17(21)29-3)16-12-18(26)25-20-19(14-10-8-13(2)9-11-14)23(24(27)28)31-22(16)20/h5-11,16H,4,12H2,1-3H3,(H,25,26)(H,27,28)/t16-/m0/s1. The summed E-state index contributed by atoms with van der Waals surface area (Å²) in [6, 6.07) is 13.2. The fourth-order valence-corrected chi connectivity index (χ4v) is 5.19. The third-order valence-electron chi connectivity index (χ3n) is 5.33. The van der Waals surface area contributed by atoms with Gasteiger partial charge in [0.25, 0.3) is 0 Å². The van der Waals surface area contributed by atoms with Gasteiger partial charge in [-0.25, -0.2) is 4.79 Å². The largest absolute Gasteiger partial charge is 0.493 e. The number of carbonyl (C=O) groups is 2. The molecule has 1 amide bonds. The third kappa shape index (κ3) is 3.77. The summed E-state index contributed by atoms with van der Waals surface area (Å²) in [7, 11) is 1.57.